The second-order valence-electron chi connectivity index (χ2n) is 3.80. The highest BCUT2D eigenvalue weighted by molar-refractivity contribution is 7.13. The summed E-state index contributed by atoms with van der Waals surface area (Å²) in [4.78, 5) is 3.95. The first-order valence-corrected chi connectivity index (χ1v) is 6.04. The van der Waals surface area contributed by atoms with Crippen LogP contribution in [0.5, 0.6) is 11.2 Å². The summed E-state index contributed by atoms with van der Waals surface area (Å²) in [6.45, 7) is 4.85. The third-order valence-electron chi connectivity index (χ3n) is 1.87. The third-order valence-corrected chi connectivity index (χ3v) is 2.67. The van der Waals surface area contributed by atoms with Crippen LogP contribution in [0.3, 0.4) is 0 Å². The Morgan fingerprint density at radius 2 is 2.29 bits per heavy atom. The number of nitrogens with one attached hydrogen (secondary N) is 1. The van der Waals surface area contributed by atoms with E-state index in [1.807, 2.05) is 0 Å². The molecule has 0 radical (unpaired) electrons. The van der Waals surface area contributed by atoms with E-state index in [4.69, 9.17) is 4.74 Å². The van der Waals surface area contributed by atoms with Crippen LogP contribution in [0.1, 0.15) is 18.9 Å². The van der Waals surface area contributed by atoms with Crippen molar-refractivity contribution in [3.05, 3.63) is 11.3 Å². The van der Waals surface area contributed by atoms with Crippen LogP contribution < -0.4 is 10.1 Å². The van der Waals surface area contributed by atoms with E-state index < -0.39 is 0 Å². The molecule has 7 nitrogen and oxygen atoms in total. The van der Waals surface area contributed by atoms with Gasteiger partial charge in [-0.05, 0) is 0 Å². The summed E-state index contributed by atoms with van der Waals surface area (Å²) >= 11 is 1.38. The van der Waals surface area contributed by atoms with E-state index in [2.05, 4.69) is 39.4 Å². The molecular weight excluding hydrogens is 240 g/mol. The molecule has 2 heterocycles. The molecule has 0 bridgehead atoms. The molecule has 0 aliphatic rings. The van der Waals surface area contributed by atoms with Gasteiger partial charge in [0.05, 0.1) is 6.54 Å². The fourth-order valence-corrected chi connectivity index (χ4v) is 1.72. The van der Waals surface area contributed by atoms with Crippen LogP contribution in [0, 0.1) is 0 Å². The van der Waals surface area contributed by atoms with Crippen molar-refractivity contribution in [1.82, 2.24) is 30.3 Å². The van der Waals surface area contributed by atoms with Crippen molar-refractivity contribution < 1.29 is 4.74 Å². The second-order valence-corrected chi connectivity index (χ2v) is 4.82. The molecule has 2 rings (SSSR count). The monoisotopic (exact) mass is 254 g/mol. The summed E-state index contributed by atoms with van der Waals surface area (Å²) in [6, 6.07) is 0.702. The van der Waals surface area contributed by atoms with Crippen molar-refractivity contribution >= 4 is 11.3 Å². The van der Waals surface area contributed by atoms with E-state index in [9.17, 15) is 0 Å². The number of ether oxygens (including phenoxy) is 1. The maximum atomic E-state index is 5.36. The summed E-state index contributed by atoms with van der Waals surface area (Å²) in [7, 11) is 1.78. The van der Waals surface area contributed by atoms with Crippen LogP contribution in [0.4, 0.5) is 0 Å². The molecule has 2 aromatic heterocycles. The van der Waals surface area contributed by atoms with Gasteiger partial charge in [-0.25, -0.2) is 0 Å². The number of aromatic nitrogens is 5. The smallest absolute Gasteiger partial charge is 0.342 e. The lowest BCUT2D eigenvalue weighted by molar-refractivity contribution is 0.431. The van der Waals surface area contributed by atoms with E-state index in [0.717, 1.165) is 5.01 Å². The average Bonchev–Trinajstić information content (AvgIpc) is 2.86. The summed E-state index contributed by atoms with van der Waals surface area (Å²) in [6.07, 6.45) is 1.57. The van der Waals surface area contributed by atoms with Gasteiger partial charge in [-0.15, -0.1) is 10.2 Å². The van der Waals surface area contributed by atoms with Gasteiger partial charge in [0.15, 0.2) is 0 Å². The Balaban J connectivity index is 1.94. The molecule has 1 N–H and O–H groups in total. The van der Waals surface area contributed by atoms with E-state index in [1.54, 1.807) is 18.1 Å². The van der Waals surface area contributed by atoms with E-state index >= 15 is 0 Å². The second kappa shape index (κ2) is 5.19. The van der Waals surface area contributed by atoms with Crippen LogP contribution >= 0.6 is 11.3 Å². The fraction of sp³-hybridized carbons (Fsp3) is 0.556. The van der Waals surface area contributed by atoms with Crippen LogP contribution in [0.15, 0.2) is 6.33 Å². The largest absolute Gasteiger partial charge is 0.393 e. The van der Waals surface area contributed by atoms with Gasteiger partial charge in [-0.3, -0.25) is 4.68 Å². The molecule has 17 heavy (non-hydrogen) atoms. The zero-order chi connectivity index (χ0) is 12.3. The molecule has 0 spiro atoms. The highest BCUT2D eigenvalue weighted by Gasteiger charge is 2.08. The average molecular weight is 254 g/mol. The van der Waals surface area contributed by atoms with Crippen molar-refractivity contribution in [2.45, 2.75) is 26.4 Å². The third kappa shape index (κ3) is 3.46. The SMILES string of the molecule is CC(C)NCc1nnc(Oc2ncn(C)n2)s1. The standard InChI is InChI=1S/C9H14N6OS/c1-6(2)10-4-7-12-13-9(17-7)16-8-11-5-15(3)14-8/h5-6,10H,4H2,1-3H3. The van der Waals surface area contributed by atoms with Gasteiger partial charge in [0.1, 0.15) is 11.3 Å². The van der Waals surface area contributed by atoms with E-state index in [0.29, 0.717) is 17.8 Å². The zero-order valence-electron chi connectivity index (χ0n) is 9.91. The van der Waals surface area contributed by atoms with E-state index in [-0.39, 0.29) is 6.01 Å². The van der Waals surface area contributed by atoms with Crippen LogP contribution in [-0.2, 0) is 13.6 Å². The molecule has 8 heteroatoms. The molecule has 0 unspecified atom stereocenters. The molecule has 0 atom stereocenters. The number of hydrogen-bond acceptors (Lipinski definition) is 7. The Kier molecular flexibility index (Phi) is 3.64. The Labute approximate surface area is 103 Å². The first kappa shape index (κ1) is 11.9. The van der Waals surface area contributed by atoms with E-state index in [1.165, 1.54) is 11.3 Å². The topological polar surface area (TPSA) is 77.8 Å². The molecular formula is C9H14N6OS. The van der Waals surface area contributed by atoms with Crippen molar-refractivity contribution in [1.29, 1.82) is 0 Å². The predicted molar refractivity (Wildman–Crippen MR) is 63.0 cm³/mol. The number of aryl methyl sites for hydroxylation is 1. The molecule has 92 valence electrons. The number of hydrogen-bond donors (Lipinski definition) is 1. The minimum atomic E-state index is 0.284. The molecule has 0 aliphatic carbocycles. The lowest BCUT2D eigenvalue weighted by Crippen LogP contribution is -2.21. The van der Waals surface area contributed by atoms with Crippen LogP contribution in [0.25, 0.3) is 0 Å². The van der Waals surface area contributed by atoms with Gasteiger partial charge in [0, 0.05) is 13.1 Å². The first-order valence-electron chi connectivity index (χ1n) is 5.23. The van der Waals surface area contributed by atoms with Gasteiger partial charge >= 0.3 is 11.2 Å². The summed E-state index contributed by atoms with van der Waals surface area (Å²) in [5.41, 5.74) is 0. The van der Waals surface area contributed by atoms with Gasteiger partial charge < -0.3 is 10.1 Å². The Hall–Kier alpha value is -1.54. The zero-order valence-corrected chi connectivity index (χ0v) is 10.7. The van der Waals surface area contributed by atoms with Gasteiger partial charge in [0.2, 0.25) is 0 Å². The van der Waals surface area contributed by atoms with Crippen molar-refractivity contribution in [2.75, 3.05) is 0 Å². The maximum Gasteiger partial charge on any atom is 0.342 e. The summed E-state index contributed by atoms with van der Waals surface area (Å²) in [5, 5.41) is 16.5. The number of nitrogens with zero attached hydrogens (tertiary/aromatic N) is 5. The molecule has 0 saturated carbocycles. The predicted octanol–water partition coefficient (Wildman–Crippen LogP) is 0.957. The van der Waals surface area contributed by atoms with Gasteiger partial charge in [-0.2, -0.15) is 4.98 Å². The minimum Gasteiger partial charge on any atom is -0.393 e. The van der Waals surface area contributed by atoms with Crippen LogP contribution in [0.2, 0.25) is 0 Å². The fourth-order valence-electron chi connectivity index (χ4n) is 1.09. The Morgan fingerprint density at radius 3 is 2.94 bits per heavy atom. The van der Waals surface area contributed by atoms with Crippen molar-refractivity contribution in [3.8, 4) is 11.2 Å². The quantitative estimate of drug-likeness (QED) is 0.856. The molecule has 0 amide bonds. The molecule has 0 aliphatic heterocycles. The summed E-state index contributed by atoms with van der Waals surface area (Å²) in [5.74, 6) is 0. The molecule has 0 saturated heterocycles. The highest BCUT2D eigenvalue weighted by Crippen LogP contribution is 2.21. The summed E-state index contributed by atoms with van der Waals surface area (Å²) < 4.78 is 6.93. The Morgan fingerprint density at radius 1 is 1.47 bits per heavy atom. The normalized spacial score (nSPS) is 11.1. The lowest BCUT2D eigenvalue weighted by atomic mass is 10.4. The minimum absolute atomic E-state index is 0.284. The van der Waals surface area contributed by atoms with Crippen molar-refractivity contribution in [2.24, 2.45) is 7.05 Å². The Bertz CT molecular complexity index is 479. The van der Waals surface area contributed by atoms with Crippen molar-refractivity contribution in [3.63, 3.8) is 0 Å². The molecule has 0 aromatic carbocycles. The van der Waals surface area contributed by atoms with Crippen LogP contribution in [-0.4, -0.2) is 31.0 Å². The maximum absolute atomic E-state index is 5.36. The van der Waals surface area contributed by atoms with Gasteiger partial charge in [-0.1, -0.05) is 30.3 Å². The van der Waals surface area contributed by atoms with Gasteiger partial charge in [0.25, 0.3) is 0 Å². The lowest BCUT2D eigenvalue weighted by Gasteiger charge is -2.03. The highest BCUT2D eigenvalue weighted by atomic mass is 32.1. The molecule has 0 fully saturated rings. The molecule has 2 aromatic rings. The first-order chi connectivity index (χ1) is 8.13. The number of rotatable bonds is 5.